The van der Waals surface area contributed by atoms with Gasteiger partial charge >= 0.3 is 6.09 Å². The molecule has 1 saturated heterocycles. The molecule has 1 N–H and O–H groups in total. The van der Waals surface area contributed by atoms with E-state index in [-0.39, 0.29) is 36.6 Å². The molecule has 1 aromatic heterocycles. The maximum atomic E-state index is 12.8. The lowest BCUT2D eigenvalue weighted by atomic mass is 9.80. The predicted octanol–water partition coefficient (Wildman–Crippen LogP) is 4.30. The molecule has 2 aromatic rings. The van der Waals surface area contributed by atoms with Crippen molar-refractivity contribution in [2.45, 2.75) is 18.5 Å². The minimum atomic E-state index is -0.335. The van der Waals surface area contributed by atoms with E-state index in [9.17, 15) is 9.59 Å². The van der Waals surface area contributed by atoms with E-state index >= 15 is 0 Å². The molecule has 4 rings (SSSR count). The maximum Gasteiger partial charge on any atom is 0.410 e. The molecule has 1 unspecified atom stereocenters. The van der Waals surface area contributed by atoms with Gasteiger partial charge in [-0.2, -0.15) is 11.3 Å². The van der Waals surface area contributed by atoms with Gasteiger partial charge in [-0.25, -0.2) is 4.79 Å². The second-order valence-corrected chi connectivity index (χ2v) is 8.42. The number of fused-ring (bicyclic) bond motifs is 3. The summed E-state index contributed by atoms with van der Waals surface area (Å²) in [6, 6.07) is 7.83. The van der Waals surface area contributed by atoms with Gasteiger partial charge in [0.05, 0.1) is 12.1 Å². The van der Waals surface area contributed by atoms with Crippen molar-refractivity contribution in [3.8, 4) is 0 Å². The van der Waals surface area contributed by atoms with Crippen molar-refractivity contribution < 1.29 is 14.3 Å². The van der Waals surface area contributed by atoms with Crippen molar-refractivity contribution in [2.75, 3.05) is 32.6 Å². The molecule has 3 heterocycles. The quantitative estimate of drug-likeness (QED) is 0.762. The molecule has 0 spiro atoms. The first-order chi connectivity index (χ1) is 14.0. The monoisotopic (exact) mass is 411 g/mol. The summed E-state index contributed by atoms with van der Waals surface area (Å²) in [6.45, 7) is 4.43. The fourth-order valence-corrected chi connectivity index (χ4v) is 5.07. The molecule has 1 aromatic carbocycles. The standard InChI is InChI=1S/C22H25N3O3S/c1-4-10-28-22(27)25-9-7-16-19(15-8-11-29-13-15)23-18-6-5-14(21(26)24(2)3)12-17(18)20(16)25/h4-6,8,11-13,16,19-20,23H,1,7,9-10H2,2-3H3/t16-,19?,20-/m0/s1. The van der Waals surface area contributed by atoms with E-state index in [2.05, 4.69) is 28.7 Å². The number of likely N-dealkylation sites (tertiary alicyclic amines) is 1. The first-order valence-electron chi connectivity index (χ1n) is 9.69. The molecule has 0 aliphatic carbocycles. The third-order valence-corrected chi connectivity index (χ3v) is 6.37. The summed E-state index contributed by atoms with van der Waals surface area (Å²) in [5.74, 6) is 0.154. The van der Waals surface area contributed by atoms with Crippen LogP contribution in [0.2, 0.25) is 0 Å². The van der Waals surface area contributed by atoms with Crippen LogP contribution in [0.25, 0.3) is 0 Å². The normalized spacial score (nSPS) is 22.3. The van der Waals surface area contributed by atoms with Gasteiger partial charge in [-0.1, -0.05) is 12.7 Å². The number of nitrogens with zero attached hydrogens (tertiary/aromatic N) is 2. The molecule has 6 nitrogen and oxygen atoms in total. The molecule has 0 bridgehead atoms. The van der Waals surface area contributed by atoms with E-state index in [0.717, 1.165) is 17.7 Å². The fraction of sp³-hybridized carbons (Fsp3) is 0.364. The molecule has 2 aliphatic heterocycles. The molecule has 29 heavy (non-hydrogen) atoms. The molecular weight excluding hydrogens is 386 g/mol. The number of anilines is 1. The molecular formula is C22H25N3O3S. The van der Waals surface area contributed by atoms with Crippen molar-refractivity contribution in [3.05, 3.63) is 64.4 Å². The van der Waals surface area contributed by atoms with Crippen LogP contribution in [-0.4, -0.2) is 49.0 Å². The van der Waals surface area contributed by atoms with Crippen LogP contribution in [0, 0.1) is 5.92 Å². The number of benzene rings is 1. The van der Waals surface area contributed by atoms with Crippen molar-refractivity contribution in [2.24, 2.45) is 5.92 Å². The number of amides is 2. The molecule has 0 saturated carbocycles. The summed E-state index contributed by atoms with van der Waals surface area (Å²) in [4.78, 5) is 28.6. The molecule has 152 valence electrons. The smallest absolute Gasteiger partial charge is 0.410 e. The lowest BCUT2D eigenvalue weighted by molar-refractivity contribution is 0.0827. The van der Waals surface area contributed by atoms with Crippen LogP contribution in [0.3, 0.4) is 0 Å². The van der Waals surface area contributed by atoms with E-state index in [4.69, 9.17) is 4.74 Å². The zero-order valence-corrected chi connectivity index (χ0v) is 17.4. The Balaban J connectivity index is 1.76. The molecule has 0 radical (unpaired) electrons. The Kier molecular flexibility index (Phi) is 5.32. The highest BCUT2D eigenvalue weighted by molar-refractivity contribution is 7.08. The number of nitrogens with one attached hydrogen (secondary N) is 1. The number of hydrogen-bond acceptors (Lipinski definition) is 5. The number of rotatable bonds is 4. The van der Waals surface area contributed by atoms with Gasteiger partial charge in [0, 0.05) is 37.8 Å². The van der Waals surface area contributed by atoms with Gasteiger partial charge in [0.2, 0.25) is 0 Å². The Bertz CT molecular complexity index is 925. The number of ether oxygens (including phenoxy) is 1. The van der Waals surface area contributed by atoms with Gasteiger partial charge in [-0.05, 0) is 52.6 Å². The van der Waals surface area contributed by atoms with Gasteiger partial charge in [-0.15, -0.1) is 0 Å². The van der Waals surface area contributed by atoms with E-state index in [1.807, 2.05) is 18.2 Å². The van der Waals surface area contributed by atoms with Crippen molar-refractivity contribution >= 4 is 29.0 Å². The minimum Gasteiger partial charge on any atom is -0.445 e. The molecule has 2 amide bonds. The van der Waals surface area contributed by atoms with Gasteiger partial charge in [0.1, 0.15) is 6.61 Å². The SMILES string of the molecule is C=CCOC(=O)N1CC[C@H]2C(c3ccsc3)Nc3ccc(C(=O)N(C)C)cc3[C@H]21. The largest absolute Gasteiger partial charge is 0.445 e. The highest BCUT2D eigenvalue weighted by Crippen LogP contribution is 2.51. The second-order valence-electron chi connectivity index (χ2n) is 7.64. The lowest BCUT2D eigenvalue weighted by Crippen LogP contribution is -2.38. The Hall–Kier alpha value is -2.80. The van der Waals surface area contributed by atoms with E-state index < -0.39 is 0 Å². The van der Waals surface area contributed by atoms with Gasteiger partial charge in [0.15, 0.2) is 0 Å². The van der Waals surface area contributed by atoms with Gasteiger partial charge in [-0.3, -0.25) is 4.79 Å². The zero-order chi connectivity index (χ0) is 20.5. The summed E-state index contributed by atoms with van der Waals surface area (Å²) in [5, 5.41) is 7.89. The minimum absolute atomic E-state index is 0.0527. The molecule has 7 heteroatoms. The second kappa shape index (κ2) is 7.91. The third-order valence-electron chi connectivity index (χ3n) is 5.67. The lowest BCUT2D eigenvalue weighted by Gasteiger charge is -2.39. The van der Waals surface area contributed by atoms with E-state index in [1.54, 1.807) is 41.3 Å². The Morgan fingerprint density at radius 3 is 2.90 bits per heavy atom. The van der Waals surface area contributed by atoms with Gasteiger partial charge < -0.3 is 19.9 Å². The van der Waals surface area contributed by atoms with Crippen LogP contribution in [0.5, 0.6) is 0 Å². The van der Waals surface area contributed by atoms with Crippen LogP contribution in [-0.2, 0) is 4.74 Å². The average molecular weight is 412 g/mol. The zero-order valence-electron chi connectivity index (χ0n) is 16.6. The maximum absolute atomic E-state index is 12.8. The molecule has 2 aliphatic rings. The predicted molar refractivity (Wildman–Crippen MR) is 114 cm³/mol. The summed E-state index contributed by atoms with van der Waals surface area (Å²) in [6.07, 6.45) is 2.11. The third kappa shape index (κ3) is 3.51. The highest BCUT2D eigenvalue weighted by Gasteiger charge is 2.47. The first kappa shape index (κ1) is 19.5. The van der Waals surface area contributed by atoms with Crippen LogP contribution >= 0.6 is 11.3 Å². The Morgan fingerprint density at radius 2 is 2.21 bits per heavy atom. The van der Waals surface area contributed by atoms with Crippen molar-refractivity contribution in [3.63, 3.8) is 0 Å². The summed E-state index contributed by atoms with van der Waals surface area (Å²) in [5.41, 5.74) is 3.78. The number of carbonyl (C=O) groups excluding carboxylic acids is 2. The van der Waals surface area contributed by atoms with Crippen LogP contribution in [0.15, 0.2) is 47.7 Å². The van der Waals surface area contributed by atoms with E-state index in [0.29, 0.717) is 12.1 Å². The van der Waals surface area contributed by atoms with Crippen LogP contribution in [0.1, 0.15) is 40.0 Å². The summed E-state index contributed by atoms with van der Waals surface area (Å²) >= 11 is 1.67. The topological polar surface area (TPSA) is 61.9 Å². The van der Waals surface area contributed by atoms with Crippen LogP contribution < -0.4 is 5.32 Å². The van der Waals surface area contributed by atoms with Crippen molar-refractivity contribution in [1.82, 2.24) is 9.80 Å². The van der Waals surface area contributed by atoms with Crippen LogP contribution in [0.4, 0.5) is 10.5 Å². The first-order valence-corrected chi connectivity index (χ1v) is 10.6. The number of hydrogen-bond donors (Lipinski definition) is 1. The summed E-state index contributed by atoms with van der Waals surface area (Å²) < 4.78 is 5.36. The Labute approximate surface area is 174 Å². The summed E-state index contributed by atoms with van der Waals surface area (Å²) in [7, 11) is 3.48. The Morgan fingerprint density at radius 1 is 1.38 bits per heavy atom. The fourth-order valence-electron chi connectivity index (χ4n) is 4.37. The molecule has 1 fully saturated rings. The number of thiophene rings is 1. The van der Waals surface area contributed by atoms with Gasteiger partial charge in [0.25, 0.3) is 5.91 Å². The average Bonchev–Trinajstić information content (AvgIpc) is 3.40. The highest BCUT2D eigenvalue weighted by atomic mass is 32.1. The van der Waals surface area contributed by atoms with E-state index in [1.165, 1.54) is 5.56 Å². The molecule has 3 atom stereocenters. The van der Waals surface area contributed by atoms with Crippen molar-refractivity contribution in [1.29, 1.82) is 0 Å². The number of carbonyl (C=O) groups is 2.